The first-order valence-electron chi connectivity index (χ1n) is 15.7. The Hall–Kier alpha value is -5.00. The second-order valence-corrected chi connectivity index (χ2v) is 12.4. The third-order valence-electron chi connectivity index (χ3n) is 7.85. The molecule has 8 nitrogen and oxygen atoms in total. The second-order valence-electron chi connectivity index (χ2n) is 11.3. The van der Waals surface area contributed by atoms with Gasteiger partial charge in [-0.25, -0.2) is 8.78 Å². The summed E-state index contributed by atoms with van der Waals surface area (Å²) in [7, 11) is 2.00. The van der Waals surface area contributed by atoms with Crippen molar-refractivity contribution in [2.45, 2.75) is 32.5 Å². The standard InChI is InChI=1S/C38H38F2N4O4S/c1-26(41-2)16-34(31(21-42-23-45)19-32(39)17-27-8-11-37-38(18-27)48-25-47-37)43-24-49-15-13-36(46-22-30-6-4-5-7-33(30)40)29-10-9-28-12-14-44(3)35(28)20-29/h4-12,14,16,18-21,23,36H,2,13,15,17,22,24-25H2,1,3H3,(H,42,45)/b26-16-,31-21+,32-19+,43-34+. The van der Waals surface area contributed by atoms with Crippen LogP contribution < -0.4 is 14.8 Å². The largest absolute Gasteiger partial charge is 0.454 e. The first-order chi connectivity index (χ1) is 23.8. The Morgan fingerprint density at radius 3 is 2.78 bits per heavy atom. The van der Waals surface area contributed by atoms with Crippen LogP contribution in [0.2, 0.25) is 0 Å². The Bertz CT molecular complexity index is 1920. The maximum atomic E-state index is 15.4. The maximum Gasteiger partial charge on any atom is 0.231 e. The molecule has 0 bridgehead atoms. The van der Waals surface area contributed by atoms with Crippen LogP contribution >= 0.6 is 11.8 Å². The van der Waals surface area contributed by atoms with Gasteiger partial charge >= 0.3 is 0 Å². The van der Waals surface area contributed by atoms with Gasteiger partial charge in [0.25, 0.3) is 0 Å². The van der Waals surface area contributed by atoms with E-state index < -0.39 is 5.83 Å². The second kappa shape index (κ2) is 17.4. The molecular formula is C38H38F2N4O4S. The molecule has 1 unspecified atom stereocenters. The van der Waals surface area contributed by atoms with Crippen LogP contribution in [0.15, 0.2) is 118 Å². The molecule has 254 valence electrons. The van der Waals surface area contributed by atoms with Crippen LogP contribution in [0.25, 0.3) is 10.9 Å². The van der Waals surface area contributed by atoms with Crippen LogP contribution in [-0.2, 0) is 29.6 Å². The van der Waals surface area contributed by atoms with E-state index in [2.05, 4.69) is 39.8 Å². The molecule has 1 amide bonds. The summed E-state index contributed by atoms with van der Waals surface area (Å²) in [5, 5.41) is 3.63. The minimum Gasteiger partial charge on any atom is -0.454 e. The predicted octanol–water partition coefficient (Wildman–Crippen LogP) is 8.16. The number of ether oxygens (including phenoxy) is 3. The molecule has 1 aliphatic heterocycles. The van der Waals surface area contributed by atoms with Crippen LogP contribution in [0.4, 0.5) is 8.78 Å². The quantitative estimate of drug-likeness (QED) is 0.0525. The average Bonchev–Trinajstić information content (AvgIpc) is 3.73. The molecule has 0 saturated heterocycles. The number of halogens is 2. The van der Waals surface area contributed by atoms with Crippen molar-refractivity contribution < 1.29 is 27.8 Å². The number of aryl methyl sites for hydroxylation is 1. The van der Waals surface area contributed by atoms with Gasteiger partial charge in [0.15, 0.2) is 11.5 Å². The molecule has 1 atom stereocenters. The third-order valence-corrected chi connectivity index (χ3v) is 8.69. The summed E-state index contributed by atoms with van der Waals surface area (Å²) in [5.41, 5.74) is 4.63. The van der Waals surface area contributed by atoms with Gasteiger partial charge in [0.1, 0.15) is 11.6 Å². The number of allylic oxidation sites excluding steroid dienone is 5. The zero-order chi connectivity index (χ0) is 34.6. The lowest BCUT2D eigenvalue weighted by atomic mass is 10.1. The maximum absolute atomic E-state index is 15.4. The highest BCUT2D eigenvalue weighted by Gasteiger charge is 2.16. The molecule has 49 heavy (non-hydrogen) atoms. The summed E-state index contributed by atoms with van der Waals surface area (Å²) < 4.78 is 48.9. The van der Waals surface area contributed by atoms with Gasteiger partial charge < -0.3 is 24.1 Å². The van der Waals surface area contributed by atoms with E-state index in [1.807, 2.05) is 19.3 Å². The highest BCUT2D eigenvalue weighted by Crippen LogP contribution is 2.33. The first kappa shape index (κ1) is 35.3. The van der Waals surface area contributed by atoms with Crippen LogP contribution in [0.1, 0.15) is 36.1 Å². The van der Waals surface area contributed by atoms with Gasteiger partial charge in [-0.05, 0) is 84.8 Å². The highest BCUT2D eigenvalue weighted by atomic mass is 32.2. The van der Waals surface area contributed by atoms with E-state index in [4.69, 9.17) is 19.2 Å². The number of aliphatic imine (C=N–C) groups is 2. The Morgan fingerprint density at radius 1 is 1.12 bits per heavy atom. The molecule has 0 aliphatic carbocycles. The number of hydrogen-bond donors (Lipinski definition) is 1. The molecule has 0 fully saturated rings. The highest BCUT2D eigenvalue weighted by molar-refractivity contribution is 7.99. The third kappa shape index (κ3) is 9.77. The number of nitrogens with zero attached hydrogens (tertiary/aromatic N) is 3. The van der Waals surface area contributed by atoms with Crippen molar-refractivity contribution in [3.8, 4) is 11.5 Å². The summed E-state index contributed by atoms with van der Waals surface area (Å²) in [6.07, 6.45) is 7.29. The van der Waals surface area contributed by atoms with Crippen LogP contribution in [0, 0.1) is 5.82 Å². The Labute approximate surface area is 288 Å². The minimum atomic E-state index is -0.444. The zero-order valence-electron chi connectivity index (χ0n) is 27.4. The summed E-state index contributed by atoms with van der Waals surface area (Å²) in [6, 6.07) is 20.2. The van der Waals surface area contributed by atoms with Gasteiger partial charge in [-0.1, -0.05) is 36.4 Å². The number of hydrogen-bond acceptors (Lipinski definition) is 7. The van der Waals surface area contributed by atoms with E-state index in [1.165, 1.54) is 18.3 Å². The van der Waals surface area contributed by atoms with Crippen molar-refractivity contribution in [1.29, 1.82) is 0 Å². The van der Waals surface area contributed by atoms with Gasteiger partial charge in [-0.15, -0.1) is 11.8 Å². The Balaban J connectivity index is 1.30. The molecular weight excluding hydrogens is 647 g/mol. The number of aromatic nitrogens is 1. The van der Waals surface area contributed by atoms with Crippen molar-refractivity contribution in [2.75, 3.05) is 18.4 Å². The molecule has 3 aromatic carbocycles. The topological polar surface area (TPSA) is 86.4 Å². The molecule has 5 rings (SSSR count). The van der Waals surface area contributed by atoms with Gasteiger partial charge in [-0.2, -0.15) is 0 Å². The lowest BCUT2D eigenvalue weighted by Crippen LogP contribution is -2.09. The predicted molar refractivity (Wildman–Crippen MR) is 192 cm³/mol. The lowest BCUT2D eigenvalue weighted by Gasteiger charge is -2.19. The lowest BCUT2D eigenvalue weighted by molar-refractivity contribution is -0.108. The molecule has 0 spiro atoms. The Kier molecular flexibility index (Phi) is 12.5. The minimum absolute atomic E-state index is 0.00230. The van der Waals surface area contributed by atoms with Crippen LogP contribution in [0.5, 0.6) is 11.5 Å². The summed E-state index contributed by atoms with van der Waals surface area (Å²) in [4.78, 5) is 19.9. The van der Waals surface area contributed by atoms with E-state index in [9.17, 15) is 9.18 Å². The molecule has 0 saturated carbocycles. The smallest absolute Gasteiger partial charge is 0.231 e. The van der Waals surface area contributed by atoms with Gasteiger partial charge in [-0.3, -0.25) is 14.8 Å². The van der Waals surface area contributed by atoms with E-state index in [0.29, 0.717) is 64.1 Å². The van der Waals surface area contributed by atoms with Crippen molar-refractivity contribution >= 4 is 41.5 Å². The number of amides is 1. The number of benzene rings is 3. The molecule has 11 heteroatoms. The van der Waals surface area contributed by atoms with Crippen molar-refractivity contribution in [3.05, 3.63) is 131 Å². The molecule has 0 radical (unpaired) electrons. The van der Waals surface area contributed by atoms with E-state index in [0.717, 1.165) is 16.5 Å². The van der Waals surface area contributed by atoms with Crippen molar-refractivity contribution in [1.82, 2.24) is 9.88 Å². The fourth-order valence-corrected chi connectivity index (χ4v) is 5.98. The summed E-state index contributed by atoms with van der Waals surface area (Å²) in [6.45, 7) is 5.61. The van der Waals surface area contributed by atoms with Crippen molar-refractivity contribution in [3.63, 3.8) is 0 Å². The molecule has 1 aliphatic rings. The molecule has 1 N–H and O–H groups in total. The number of carbonyl (C=O) groups is 1. The summed E-state index contributed by atoms with van der Waals surface area (Å²) in [5.74, 6) is 1.45. The molecule has 1 aromatic heterocycles. The van der Waals surface area contributed by atoms with Crippen molar-refractivity contribution in [2.24, 2.45) is 17.0 Å². The first-order valence-corrected chi connectivity index (χ1v) is 16.8. The van der Waals surface area contributed by atoms with Gasteiger partial charge in [0, 0.05) is 48.2 Å². The number of carbonyl (C=O) groups excluding carboxylic acids is 1. The average molecular weight is 685 g/mol. The van der Waals surface area contributed by atoms with E-state index in [-0.39, 0.29) is 31.7 Å². The van der Waals surface area contributed by atoms with E-state index >= 15 is 4.39 Å². The van der Waals surface area contributed by atoms with Gasteiger partial charge in [0.2, 0.25) is 13.2 Å². The van der Waals surface area contributed by atoms with Gasteiger partial charge in [0.05, 0.1) is 24.3 Å². The normalized spacial score (nSPS) is 14.3. The number of thioether (sulfide) groups is 1. The fourth-order valence-electron chi connectivity index (χ4n) is 5.24. The van der Waals surface area contributed by atoms with Crippen LogP contribution in [0.3, 0.4) is 0 Å². The fraction of sp³-hybridized carbons (Fsp3) is 0.237. The SMILES string of the molecule is C=N\C(C)=C/C(=N\CSCCC(OCc1ccccc1F)c1ccc2ccn(C)c2c1)C(/C=C(/F)Cc1ccc2c(c1)OCO2)=C/NC=O. The molecule has 2 heterocycles. The Morgan fingerprint density at radius 2 is 1.96 bits per heavy atom. The molecule has 4 aromatic rings. The van der Waals surface area contributed by atoms with Crippen LogP contribution in [-0.4, -0.2) is 41.8 Å². The van der Waals surface area contributed by atoms with E-state index in [1.54, 1.807) is 61.2 Å². The zero-order valence-corrected chi connectivity index (χ0v) is 28.2. The monoisotopic (exact) mass is 684 g/mol. The summed E-state index contributed by atoms with van der Waals surface area (Å²) >= 11 is 1.57. The number of rotatable bonds is 17. The number of fused-ring (bicyclic) bond motifs is 2. The number of nitrogens with one attached hydrogen (secondary N) is 1.